The van der Waals surface area contributed by atoms with Crippen molar-refractivity contribution in [1.29, 1.82) is 0 Å². The maximum atomic E-state index is 3.80. The minimum atomic E-state index is 0.454. The molecule has 1 aliphatic rings. The van der Waals surface area contributed by atoms with E-state index in [0.717, 1.165) is 0 Å². The lowest BCUT2D eigenvalue weighted by Crippen LogP contribution is -2.35. The first-order valence-corrected chi connectivity index (χ1v) is 2.80. The third-order valence-electron chi connectivity index (χ3n) is 1.33. The fourth-order valence-corrected chi connectivity index (χ4v) is 0.754. The summed E-state index contributed by atoms with van der Waals surface area (Å²) in [5.41, 5.74) is 2.45. The van der Waals surface area contributed by atoms with Crippen molar-refractivity contribution in [2.45, 2.75) is 19.9 Å². The highest BCUT2D eigenvalue weighted by Gasteiger charge is 2.12. The molecular formula is C7H11N. The van der Waals surface area contributed by atoms with Crippen LogP contribution in [-0.4, -0.2) is 6.04 Å². The van der Waals surface area contributed by atoms with Crippen LogP contribution in [0.15, 0.2) is 23.9 Å². The van der Waals surface area contributed by atoms with E-state index in [9.17, 15) is 0 Å². The smallest absolute Gasteiger partial charge is 0.0668 e. The molecule has 0 bridgehead atoms. The normalized spacial score (nSPS) is 25.2. The van der Waals surface area contributed by atoms with Gasteiger partial charge in [-0.3, -0.25) is 0 Å². The standard InChI is InChI=1S/C7H11N/c1-5(2)7-4-6(3)8-7/h4,7-8H,1H2,2-3H3. The Bertz CT molecular complexity index is 144. The van der Waals surface area contributed by atoms with Crippen LogP contribution in [0, 0.1) is 0 Å². The number of hydrogen-bond acceptors (Lipinski definition) is 1. The lowest BCUT2D eigenvalue weighted by Gasteiger charge is -2.26. The van der Waals surface area contributed by atoms with Crippen molar-refractivity contribution < 1.29 is 0 Å². The van der Waals surface area contributed by atoms with Gasteiger partial charge in [-0.05, 0) is 19.9 Å². The molecule has 0 saturated carbocycles. The Morgan fingerprint density at radius 3 is 2.50 bits per heavy atom. The molecule has 0 spiro atoms. The first-order chi connectivity index (χ1) is 3.70. The Morgan fingerprint density at radius 1 is 1.88 bits per heavy atom. The summed E-state index contributed by atoms with van der Waals surface area (Å²) in [6.07, 6.45) is 2.17. The van der Waals surface area contributed by atoms with Crippen molar-refractivity contribution in [3.63, 3.8) is 0 Å². The summed E-state index contributed by atoms with van der Waals surface area (Å²) >= 11 is 0. The Balaban J connectivity index is 2.48. The molecule has 0 saturated heterocycles. The lowest BCUT2D eigenvalue weighted by atomic mass is 10.0. The zero-order valence-electron chi connectivity index (χ0n) is 5.36. The molecule has 1 atom stereocenters. The second-order valence-corrected chi connectivity index (χ2v) is 2.32. The molecule has 1 aliphatic heterocycles. The molecule has 44 valence electrons. The molecule has 0 amide bonds. The average molecular weight is 109 g/mol. The van der Waals surface area contributed by atoms with Gasteiger partial charge in [0.25, 0.3) is 0 Å². The van der Waals surface area contributed by atoms with Crippen LogP contribution in [0.3, 0.4) is 0 Å². The topological polar surface area (TPSA) is 12.0 Å². The Labute approximate surface area is 50.1 Å². The zero-order valence-corrected chi connectivity index (χ0v) is 5.36. The summed E-state index contributed by atoms with van der Waals surface area (Å²) in [5, 5.41) is 3.20. The van der Waals surface area contributed by atoms with E-state index in [2.05, 4.69) is 24.9 Å². The quantitative estimate of drug-likeness (QED) is 0.502. The fourth-order valence-electron chi connectivity index (χ4n) is 0.754. The van der Waals surface area contributed by atoms with E-state index in [1.807, 2.05) is 6.92 Å². The molecular weight excluding hydrogens is 98.1 g/mol. The van der Waals surface area contributed by atoms with E-state index in [1.54, 1.807) is 0 Å². The maximum Gasteiger partial charge on any atom is 0.0668 e. The van der Waals surface area contributed by atoms with Crippen LogP contribution in [0.2, 0.25) is 0 Å². The van der Waals surface area contributed by atoms with Crippen molar-refractivity contribution in [3.8, 4) is 0 Å². The van der Waals surface area contributed by atoms with Crippen LogP contribution in [0.5, 0.6) is 0 Å². The molecule has 0 fully saturated rings. The van der Waals surface area contributed by atoms with Crippen LogP contribution in [0.4, 0.5) is 0 Å². The maximum absolute atomic E-state index is 3.80. The highest BCUT2D eigenvalue weighted by Crippen LogP contribution is 2.12. The fraction of sp³-hybridized carbons (Fsp3) is 0.429. The van der Waals surface area contributed by atoms with Crippen LogP contribution >= 0.6 is 0 Å². The van der Waals surface area contributed by atoms with Crippen molar-refractivity contribution >= 4 is 0 Å². The van der Waals surface area contributed by atoms with Gasteiger partial charge in [0.2, 0.25) is 0 Å². The van der Waals surface area contributed by atoms with Crippen LogP contribution in [0.25, 0.3) is 0 Å². The van der Waals surface area contributed by atoms with Gasteiger partial charge in [0, 0.05) is 5.70 Å². The van der Waals surface area contributed by atoms with Gasteiger partial charge >= 0.3 is 0 Å². The summed E-state index contributed by atoms with van der Waals surface area (Å²) in [5.74, 6) is 0. The van der Waals surface area contributed by atoms with Crippen molar-refractivity contribution in [3.05, 3.63) is 23.9 Å². The second kappa shape index (κ2) is 1.66. The summed E-state index contributed by atoms with van der Waals surface area (Å²) in [6, 6.07) is 0.454. The summed E-state index contributed by atoms with van der Waals surface area (Å²) in [6.45, 7) is 7.89. The predicted octanol–water partition coefficient (Wildman–Crippen LogP) is 1.44. The Morgan fingerprint density at radius 2 is 2.38 bits per heavy atom. The van der Waals surface area contributed by atoms with E-state index < -0.39 is 0 Å². The minimum absolute atomic E-state index is 0.454. The summed E-state index contributed by atoms with van der Waals surface area (Å²) < 4.78 is 0. The SMILES string of the molecule is C=C(C)C1C=C(C)N1. The third kappa shape index (κ3) is 0.760. The van der Waals surface area contributed by atoms with E-state index in [0.29, 0.717) is 6.04 Å². The van der Waals surface area contributed by atoms with Gasteiger partial charge in [-0.1, -0.05) is 12.2 Å². The molecule has 1 heteroatoms. The first-order valence-electron chi connectivity index (χ1n) is 2.80. The molecule has 0 aromatic carbocycles. The largest absolute Gasteiger partial charge is 0.379 e. The van der Waals surface area contributed by atoms with E-state index in [4.69, 9.17) is 0 Å². The van der Waals surface area contributed by atoms with Crippen molar-refractivity contribution in [2.75, 3.05) is 0 Å². The molecule has 0 aliphatic carbocycles. The predicted molar refractivity (Wildman–Crippen MR) is 35.5 cm³/mol. The number of nitrogens with one attached hydrogen (secondary N) is 1. The molecule has 1 N–H and O–H groups in total. The monoisotopic (exact) mass is 109 g/mol. The van der Waals surface area contributed by atoms with Gasteiger partial charge in [0.1, 0.15) is 0 Å². The molecule has 0 radical (unpaired) electrons. The molecule has 0 aromatic heterocycles. The third-order valence-corrected chi connectivity index (χ3v) is 1.33. The Hall–Kier alpha value is -0.720. The number of rotatable bonds is 1. The first kappa shape index (κ1) is 5.42. The van der Waals surface area contributed by atoms with Crippen LogP contribution in [-0.2, 0) is 0 Å². The van der Waals surface area contributed by atoms with E-state index in [1.165, 1.54) is 11.3 Å². The molecule has 1 nitrogen and oxygen atoms in total. The molecule has 1 heterocycles. The van der Waals surface area contributed by atoms with Crippen LogP contribution in [0.1, 0.15) is 13.8 Å². The second-order valence-electron chi connectivity index (χ2n) is 2.32. The van der Waals surface area contributed by atoms with Gasteiger partial charge in [-0.25, -0.2) is 0 Å². The van der Waals surface area contributed by atoms with Gasteiger partial charge in [0.15, 0.2) is 0 Å². The highest BCUT2D eigenvalue weighted by atomic mass is 15.0. The van der Waals surface area contributed by atoms with Gasteiger partial charge < -0.3 is 5.32 Å². The molecule has 1 rings (SSSR count). The molecule has 1 unspecified atom stereocenters. The average Bonchev–Trinajstić information content (AvgIpc) is 1.57. The van der Waals surface area contributed by atoms with E-state index in [-0.39, 0.29) is 0 Å². The molecule has 0 aromatic rings. The van der Waals surface area contributed by atoms with E-state index >= 15 is 0 Å². The lowest BCUT2D eigenvalue weighted by molar-refractivity contribution is 0.671. The summed E-state index contributed by atoms with van der Waals surface area (Å²) in [7, 11) is 0. The van der Waals surface area contributed by atoms with Crippen molar-refractivity contribution in [1.82, 2.24) is 5.32 Å². The number of hydrogen-bond donors (Lipinski definition) is 1. The minimum Gasteiger partial charge on any atom is -0.379 e. The zero-order chi connectivity index (χ0) is 6.15. The molecule has 8 heavy (non-hydrogen) atoms. The van der Waals surface area contributed by atoms with Crippen LogP contribution < -0.4 is 5.32 Å². The van der Waals surface area contributed by atoms with Crippen molar-refractivity contribution in [2.24, 2.45) is 0 Å². The highest BCUT2D eigenvalue weighted by molar-refractivity contribution is 5.26. The Kier molecular flexibility index (Phi) is 1.12. The van der Waals surface area contributed by atoms with Gasteiger partial charge in [-0.15, -0.1) is 0 Å². The van der Waals surface area contributed by atoms with Gasteiger partial charge in [-0.2, -0.15) is 0 Å². The summed E-state index contributed by atoms with van der Waals surface area (Å²) in [4.78, 5) is 0. The number of allylic oxidation sites excluding steroid dienone is 1. The van der Waals surface area contributed by atoms with Gasteiger partial charge in [0.05, 0.1) is 6.04 Å².